The van der Waals surface area contributed by atoms with Crippen LogP contribution < -0.4 is 5.32 Å². The van der Waals surface area contributed by atoms with E-state index in [4.69, 9.17) is 11.6 Å². The third-order valence-corrected chi connectivity index (χ3v) is 1.55. The topological polar surface area (TPSA) is 38.3 Å². The molecule has 0 aromatic heterocycles. The maximum Gasteiger partial charge on any atom is 0.576 e. The molecule has 0 saturated carbocycles. The summed E-state index contributed by atoms with van der Waals surface area (Å²) in [6, 6.07) is 5.54. The molecule has 0 radical (unpaired) electrons. The average molecular weight is 240 g/mol. The molecular formula is C8H5ClF3NO2. The van der Waals surface area contributed by atoms with Gasteiger partial charge in [0.05, 0.1) is 0 Å². The minimum absolute atomic E-state index is 0.161. The Bertz CT molecular complexity index is 350. The van der Waals surface area contributed by atoms with E-state index in [9.17, 15) is 18.0 Å². The number of carbonyl (C=O) groups is 1. The van der Waals surface area contributed by atoms with Crippen LogP contribution in [-0.4, -0.2) is 12.5 Å². The highest BCUT2D eigenvalue weighted by molar-refractivity contribution is 6.30. The maximum atomic E-state index is 11.6. The van der Waals surface area contributed by atoms with Crippen molar-refractivity contribution in [1.29, 1.82) is 0 Å². The van der Waals surface area contributed by atoms with Gasteiger partial charge < -0.3 is 4.74 Å². The van der Waals surface area contributed by atoms with Crippen LogP contribution in [0, 0.1) is 0 Å². The first-order chi connectivity index (χ1) is 6.87. The van der Waals surface area contributed by atoms with E-state index in [1.165, 1.54) is 24.3 Å². The fraction of sp³-hybridized carbons (Fsp3) is 0.125. The number of alkyl halides is 3. The second kappa shape index (κ2) is 4.39. The molecule has 15 heavy (non-hydrogen) atoms. The van der Waals surface area contributed by atoms with Gasteiger partial charge in [-0.3, -0.25) is 5.32 Å². The summed E-state index contributed by atoms with van der Waals surface area (Å²) >= 11 is 5.53. The molecule has 0 bridgehead atoms. The Labute approximate surface area is 87.8 Å². The molecular weight excluding hydrogens is 235 g/mol. The number of nitrogens with one attached hydrogen (secondary N) is 1. The van der Waals surface area contributed by atoms with Crippen LogP contribution in [0.15, 0.2) is 24.3 Å². The number of hydrogen-bond acceptors (Lipinski definition) is 2. The SMILES string of the molecule is O=C(Nc1ccc(Cl)cc1)OC(F)(F)F. The first-order valence-corrected chi connectivity index (χ1v) is 4.07. The van der Waals surface area contributed by atoms with Crippen molar-refractivity contribution in [3.63, 3.8) is 0 Å². The standard InChI is InChI=1S/C8H5ClF3NO2/c9-5-1-3-6(4-2-5)13-7(14)15-8(10,11)12/h1-4H,(H,13,14). The summed E-state index contributed by atoms with van der Waals surface area (Å²) in [7, 11) is 0. The third-order valence-electron chi connectivity index (χ3n) is 1.30. The molecule has 0 heterocycles. The van der Waals surface area contributed by atoms with Gasteiger partial charge in [0.2, 0.25) is 0 Å². The van der Waals surface area contributed by atoms with Crippen molar-refractivity contribution in [3.05, 3.63) is 29.3 Å². The van der Waals surface area contributed by atoms with Crippen molar-refractivity contribution in [1.82, 2.24) is 0 Å². The monoisotopic (exact) mass is 239 g/mol. The average Bonchev–Trinajstić information content (AvgIpc) is 2.05. The van der Waals surface area contributed by atoms with Gasteiger partial charge in [0.25, 0.3) is 0 Å². The van der Waals surface area contributed by atoms with E-state index in [1.807, 2.05) is 5.32 Å². The summed E-state index contributed by atoms with van der Waals surface area (Å²) in [5, 5.41) is 2.29. The molecule has 1 aromatic carbocycles. The molecule has 3 nitrogen and oxygen atoms in total. The number of hydrogen-bond donors (Lipinski definition) is 1. The van der Waals surface area contributed by atoms with E-state index in [0.29, 0.717) is 5.02 Å². The number of amides is 1. The van der Waals surface area contributed by atoms with Crippen LogP contribution in [0.4, 0.5) is 23.7 Å². The Kier molecular flexibility index (Phi) is 3.41. The summed E-state index contributed by atoms with van der Waals surface area (Å²) in [6.45, 7) is 0. The molecule has 1 amide bonds. The Morgan fingerprint density at radius 1 is 1.27 bits per heavy atom. The van der Waals surface area contributed by atoms with Gasteiger partial charge in [-0.1, -0.05) is 11.6 Å². The van der Waals surface area contributed by atoms with Crippen molar-refractivity contribution in [2.24, 2.45) is 0 Å². The number of anilines is 1. The smallest absolute Gasteiger partial charge is 0.356 e. The van der Waals surface area contributed by atoms with E-state index in [1.54, 1.807) is 0 Å². The summed E-state index contributed by atoms with van der Waals surface area (Å²) in [5.41, 5.74) is 0.161. The zero-order valence-corrected chi connectivity index (χ0v) is 7.89. The van der Waals surface area contributed by atoms with Crippen LogP contribution in [0.25, 0.3) is 0 Å². The molecule has 0 unspecified atom stereocenters. The summed E-state index contributed by atoms with van der Waals surface area (Å²) in [4.78, 5) is 10.6. The van der Waals surface area contributed by atoms with Crippen molar-refractivity contribution in [2.75, 3.05) is 5.32 Å². The van der Waals surface area contributed by atoms with Crippen molar-refractivity contribution < 1.29 is 22.7 Å². The molecule has 7 heteroatoms. The molecule has 1 aromatic rings. The molecule has 0 aliphatic heterocycles. The first-order valence-electron chi connectivity index (χ1n) is 3.69. The van der Waals surface area contributed by atoms with Crippen molar-refractivity contribution in [2.45, 2.75) is 6.36 Å². The van der Waals surface area contributed by atoms with Gasteiger partial charge in [-0.2, -0.15) is 0 Å². The van der Waals surface area contributed by atoms with Gasteiger partial charge >= 0.3 is 12.5 Å². The second-order valence-corrected chi connectivity index (χ2v) is 2.90. The highest BCUT2D eigenvalue weighted by Gasteiger charge is 2.33. The molecule has 0 fully saturated rings. The third kappa shape index (κ3) is 4.55. The van der Waals surface area contributed by atoms with Crippen LogP contribution in [0.5, 0.6) is 0 Å². The van der Waals surface area contributed by atoms with Crippen LogP contribution in [0.1, 0.15) is 0 Å². The van der Waals surface area contributed by atoms with E-state index in [2.05, 4.69) is 4.74 Å². The fourth-order valence-electron chi connectivity index (χ4n) is 0.782. The number of rotatable bonds is 1. The van der Waals surface area contributed by atoms with Crippen molar-refractivity contribution >= 4 is 23.4 Å². The van der Waals surface area contributed by atoms with Crippen LogP contribution >= 0.6 is 11.6 Å². The predicted octanol–water partition coefficient (Wildman–Crippen LogP) is 3.41. The summed E-state index contributed by atoms with van der Waals surface area (Å²) in [6.07, 6.45) is -6.58. The summed E-state index contributed by atoms with van der Waals surface area (Å²) < 4.78 is 37.8. The fourth-order valence-corrected chi connectivity index (χ4v) is 0.908. The summed E-state index contributed by atoms with van der Waals surface area (Å²) in [5.74, 6) is 0. The normalized spacial score (nSPS) is 10.9. The predicted molar refractivity (Wildman–Crippen MR) is 47.6 cm³/mol. The van der Waals surface area contributed by atoms with Gasteiger partial charge in [0.1, 0.15) is 0 Å². The largest absolute Gasteiger partial charge is 0.576 e. The Morgan fingerprint density at radius 2 is 1.80 bits per heavy atom. The highest BCUT2D eigenvalue weighted by Crippen LogP contribution is 2.18. The lowest BCUT2D eigenvalue weighted by atomic mass is 10.3. The first kappa shape index (κ1) is 11.6. The molecule has 0 aliphatic carbocycles. The van der Waals surface area contributed by atoms with E-state index < -0.39 is 12.5 Å². The zero-order chi connectivity index (χ0) is 11.5. The lowest BCUT2D eigenvalue weighted by molar-refractivity contribution is -0.289. The molecule has 0 spiro atoms. The molecule has 0 aliphatic rings. The number of ether oxygens (including phenoxy) is 1. The number of carbonyl (C=O) groups excluding carboxylic acids is 1. The minimum Gasteiger partial charge on any atom is -0.356 e. The number of halogens is 4. The van der Waals surface area contributed by atoms with Gasteiger partial charge in [-0.15, -0.1) is 13.2 Å². The molecule has 1 rings (SSSR count). The van der Waals surface area contributed by atoms with Crippen molar-refractivity contribution in [3.8, 4) is 0 Å². The van der Waals surface area contributed by atoms with E-state index in [-0.39, 0.29) is 5.69 Å². The van der Waals surface area contributed by atoms with Gasteiger partial charge in [-0.05, 0) is 24.3 Å². The number of benzene rings is 1. The van der Waals surface area contributed by atoms with Gasteiger partial charge in [0.15, 0.2) is 0 Å². The molecule has 1 N–H and O–H groups in total. The zero-order valence-electron chi connectivity index (χ0n) is 7.14. The van der Waals surface area contributed by atoms with E-state index >= 15 is 0 Å². The van der Waals surface area contributed by atoms with Crippen LogP contribution in [-0.2, 0) is 4.74 Å². The Morgan fingerprint density at radius 3 is 2.27 bits per heavy atom. The van der Waals surface area contributed by atoms with Gasteiger partial charge in [0, 0.05) is 10.7 Å². The second-order valence-electron chi connectivity index (χ2n) is 2.47. The van der Waals surface area contributed by atoms with E-state index in [0.717, 1.165) is 0 Å². The molecule has 0 saturated heterocycles. The highest BCUT2D eigenvalue weighted by atomic mass is 35.5. The lowest BCUT2D eigenvalue weighted by Crippen LogP contribution is -2.23. The minimum atomic E-state index is -4.99. The molecule has 0 atom stereocenters. The Hall–Kier alpha value is -1.43. The maximum absolute atomic E-state index is 11.6. The van der Waals surface area contributed by atoms with Gasteiger partial charge in [-0.25, -0.2) is 4.79 Å². The van der Waals surface area contributed by atoms with Crippen LogP contribution in [0.3, 0.4) is 0 Å². The molecule has 82 valence electrons. The van der Waals surface area contributed by atoms with Crippen LogP contribution in [0.2, 0.25) is 5.02 Å². The quantitative estimate of drug-likeness (QED) is 0.816. The lowest BCUT2D eigenvalue weighted by Gasteiger charge is -2.08. The Balaban J connectivity index is 2.55.